The molecular formula is C27H38F2N2O. The molecule has 1 saturated carbocycles. The van der Waals surface area contributed by atoms with E-state index in [1.807, 2.05) is 12.4 Å². The van der Waals surface area contributed by atoms with Gasteiger partial charge in [-0.25, -0.2) is 9.97 Å². The Labute approximate surface area is 192 Å². The lowest BCUT2D eigenvalue weighted by Crippen LogP contribution is -2.14. The first kappa shape index (κ1) is 24.6. The summed E-state index contributed by atoms with van der Waals surface area (Å²) in [6, 6.07) is 6.46. The molecule has 0 N–H and O–H groups in total. The monoisotopic (exact) mass is 444 g/mol. The number of aromatic nitrogens is 2. The maximum absolute atomic E-state index is 12.3. The van der Waals surface area contributed by atoms with Crippen molar-refractivity contribution in [1.29, 1.82) is 0 Å². The van der Waals surface area contributed by atoms with E-state index in [2.05, 4.69) is 21.6 Å². The number of benzene rings is 1. The third kappa shape index (κ3) is 8.14. The normalized spacial score (nSPS) is 18.8. The SMILES string of the molecule is CCCCCCCCCCC1CCC(c2cnc(-c3ccc(OC(F)F)cc3)nc2)CC1. The zero-order valence-corrected chi connectivity index (χ0v) is 19.4. The highest BCUT2D eigenvalue weighted by molar-refractivity contribution is 5.56. The summed E-state index contributed by atoms with van der Waals surface area (Å²) in [4.78, 5) is 9.06. The van der Waals surface area contributed by atoms with Crippen LogP contribution in [0, 0.1) is 5.92 Å². The number of alkyl halides is 2. The molecule has 1 aromatic carbocycles. The number of unbranched alkanes of at least 4 members (excludes halogenated alkanes) is 7. The van der Waals surface area contributed by atoms with Gasteiger partial charge in [-0.15, -0.1) is 0 Å². The average Bonchev–Trinajstić information content (AvgIpc) is 2.81. The van der Waals surface area contributed by atoms with E-state index in [1.54, 1.807) is 12.1 Å². The quantitative estimate of drug-likeness (QED) is 0.290. The van der Waals surface area contributed by atoms with Gasteiger partial charge < -0.3 is 4.74 Å². The molecule has 2 aromatic rings. The van der Waals surface area contributed by atoms with Gasteiger partial charge in [0.25, 0.3) is 0 Å². The summed E-state index contributed by atoms with van der Waals surface area (Å²) in [7, 11) is 0. The minimum Gasteiger partial charge on any atom is -0.435 e. The van der Waals surface area contributed by atoms with Crippen molar-refractivity contribution in [2.75, 3.05) is 0 Å². The Kier molecular flexibility index (Phi) is 10.4. The number of hydrogen-bond acceptors (Lipinski definition) is 3. The van der Waals surface area contributed by atoms with Crippen LogP contribution in [0.3, 0.4) is 0 Å². The highest BCUT2D eigenvalue weighted by Crippen LogP contribution is 2.37. The zero-order valence-electron chi connectivity index (χ0n) is 19.4. The molecule has 1 aliphatic rings. The van der Waals surface area contributed by atoms with Crippen LogP contribution < -0.4 is 4.74 Å². The number of halogens is 2. The molecular weight excluding hydrogens is 406 g/mol. The average molecular weight is 445 g/mol. The number of rotatable bonds is 13. The van der Waals surface area contributed by atoms with Gasteiger partial charge in [-0.2, -0.15) is 8.78 Å². The van der Waals surface area contributed by atoms with Gasteiger partial charge >= 0.3 is 6.61 Å². The molecule has 0 radical (unpaired) electrons. The third-order valence-corrected chi connectivity index (χ3v) is 6.79. The van der Waals surface area contributed by atoms with Gasteiger partial charge in [0.1, 0.15) is 5.75 Å². The van der Waals surface area contributed by atoms with E-state index in [1.165, 1.54) is 101 Å². The fraction of sp³-hybridized carbons (Fsp3) is 0.630. The van der Waals surface area contributed by atoms with Crippen LogP contribution in [0.4, 0.5) is 8.78 Å². The van der Waals surface area contributed by atoms with Crippen LogP contribution in [0.25, 0.3) is 11.4 Å². The van der Waals surface area contributed by atoms with E-state index >= 15 is 0 Å². The van der Waals surface area contributed by atoms with E-state index < -0.39 is 6.61 Å². The van der Waals surface area contributed by atoms with Crippen LogP contribution in [0.15, 0.2) is 36.7 Å². The van der Waals surface area contributed by atoms with Gasteiger partial charge in [-0.3, -0.25) is 0 Å². The third-order valence-electron chi connectivity index (χ3n) is 6.79. The lowest BCUT2D eigenvalue weighted by atomic mass is 9.77. The first-order valence-corrected chi connectivity index (χ1v) is 12.5. The van der Waals surface area contributed by atoms with Gasteiger partial charge in [0, 0.05) is 18.0 Å². The predicted molar refractivity (Wildman–Crippen MR) is 126 cm³/mol. The highest BCUT2D eigenvalue weighted by atomic mass is 19.3. The summed E-state index contributed by atoms with van der Waals surface area (Å²) in [5.74, 6) is 2.20. The summed E-state index contributed by atoms with van der Waals surface area (Å²) in [5.41, 5.74) is 2.02. The lowest BCUT2D eigenvalue weighted by molar-refractivity contribution is -0.0498. The fourth-order valence-corrected chi connectivity index (χ4v) is 4.83. The predicted octanol–water partition coefficient (Wildman–Crippen LogP) is 8.55. The molecule has 5 heteroatoms. The molecule has 32 heavy (non-hydrogen) atoms. The molecule has 0 amide bonds. The summed E-state index contributed by atoms with van der Waals surface area (Å²) in [6.07, 6.45) is 21.5. The smallest absolute Gasteiger partial charge is 0.387 e. The summed E-state index contributed by atoms with van der Waals surface area (Å²) in [5, 5.41) is 0. The lowest BCUT2D eigenvalue weighted by Gasteiger charge is -2.28. The molecule has 1 aliphatic carbocycles. The van der Waals surface area contributed by atoms with E-state index in [9.17, 15) is 8.78 Å². The van der Waals surface area contributed by atoms with Crippen LogP contribution in [0.5, 0.6) is 5.75 Å². The van der Waals surface area contributed by atoms with Crippen LogP contribution in [0.1, 0.15) is 102 Å². The molecule has 0 aliphatic heterocycles. The van der Waals surface area contributed by atoms with Gasteiger partial charge in [0.15, 0.2) is 5.82 Å². The summed E-state index contributed by atoms with van der Waals surface area (Å²) in [6.45, 7) is -0.540. The van der Waals surface area contributed by atoms with Crippen molar-refractivity contribution in [3.05, 3.63) is 42.2 Å². The molecule has 3 nitrogen and oxygen atoms in total. The number of ether oxygens (including phenoxy) is 1. The Morgan fingerprint density at radius 3 is 2.03 bits per heavy atom. The molecule has 0 spiro atoms. The van der Waals surface area contributed by atoms with Crippen molar-refractivity contribution in [1.82, 2.24) is 9.97 Å². The molecule has 1 aromatic heterocycles. The van der Waals surface area contributed by atoms with E-state index in [0.29, 0.717) is 11.7 Å². The Morgan fingerprint density at radius 2 is 1.44 bits per heavy atom. The van der Waals surface area contributed by atoms with E-state index in [0.717, 1.165) is 11.5 Å². The van der Waals surface area contributed by atoms with E-state index in [-0.39, 0.29) is 5.75 Å². The molecule has 0 unspecified atom stereocenters. The van der Waals surface area contributed by atoms with E-state index in [4.69, 9.17) is 0 Å². The van der Waals surface area contributed by atoms with Crippen molar-refractivity contribution in [2.45, 2.75) is 103 Å². The summed E-state index contributed by atoms with van der Waals surface area (Å²) >= 11 is 0. The van der Waals surface area contributed by atoms with Crippen LogP contribution >= 0.6 is 0 Å². The topological polar surface area (TPSA) is 35.0 Å². The largest absolute Gasteiger partial charge is 0.435 e. The Hall–Kier alpha value is -2.04. The Balaban J connectivity index is 1.37. The highest BCUT2D eigenvalue weighted by Gasteiger charge is 2.22. The second-order valence-electron chi connectivity index (χ2n) is 9.22. The fourth-order valence-electron chi connectivity index (χ4n) is 4.83. The molecule has 0 atom stereocenters. The van der Waals surface area contributed by atoms with Gasteiger partial charge in [-0.05, 0) is 67.3 Å². The molecule has 1 fully saturated rings. The Bertz CT molecular complexity index is 756. The molecule has 0 bridgehead atoms. The maximum Gasteiger partial charge on any atom is 0.387 e. The second kappa shape index (κ2) is 13.5. The van der Waals surface area contributed by atoms with Crippen molar-refractivity contribution < 1.29 is 13.5 Å². The maximum atomic E-state index is 12.3. The van der Waals surface area contributed by atoms with Crippen molar-refractivity contribution >= 4 is 0 Å². The first-order chi connectivity index (χ1) is 15.7. The molecule has 176 valence electrons. The van der Waals surface area contributed by atoms with Gasteiger partial charge in [0.2, 0.25) is 0 Å². The first-order valence-electron chi connectivity index (χ1n) is 12.5. The van der Waals surface area contributed by atoms with Crippen LogP contribution in [-0.4, -0.2) is 16.6 Å². The molecule has 3 rings (SSSR count). The van der Waals surface area contributed by atoms with Crippen LogP contribution in [-0.2, 0) is 0 Å². The Morgan fingerprint density at radius 1 is 0.844 bits per heavy atom. The number of hydrogen-bond donors (Lipinski definition) is 0. The number of nitrogens with zero attached hydrogens (tertiary/aromatic N) is 2. The standard InChI is InChI=1S/C27H38F2N2O/c1-2-3-4-5-6-7-8-9-10-21-11-13-22(14-12-21)24-19-30-26(31-20-24)23-15-17-25(18-16-23)32-27(28)29/h15-22,27H,2-14H2,1H3. The van der Waals surface area contributed by atoms with Crippen molar-refractivity contribution in [3.63, 3.8) is 0 Å². The zero-order chi connectivity index (χ0) is 22.6. The van der Waals surface area contributed by atoms with Crippen LogP contribution in [0.2, 0.25) is 0 Å². The molecule has 1 heterocycles. The minimum absolute atomic E-state index is 0.143. The van der Waals surface area contributed by atoms with Crippen molar-refractivity contribution in [2.24, 2.45) is 5.92 Å². The second-order valence-corrected chi connectivity index (χ2v) is 9.22. The minimum atomic E-state index is -2.81. The van der Waals surface area contributed by atoms with Gasteiger partial charge in [-0.1, -0.05) is 64.7 Å². The summed E-state index contributed by atoms with van der Waals surface area (Å²) < 4.78 is 29.0. The molecule has 0 saturated heterocycles. The van der Waals surface area contributed by atoms with Gasteiger partial charge in [0.05, 0.1) is 0 Å². The van der Waals surface area contributed by atoms with Crippen molar-refractivity contribution in [3.8, 4) is 17.1 Å².